The Hall–Kier alpha value is -4.23. The lowest BCUT2D eigenvalue weighted by atomic mass is 9.83. The van der Waals surface area contributed by atoms with Crippen molar-refractivity contribution in [3.05, 3.63) is 133 Å². The molecule has 0 fully saturated rings. The summed E-state index contributed by atoms with van der Waals surface area (Å²) in [7, 11) is 0. The minimum absolute atomic E-state index is 0.878. The summed E-state index contributed by atoms with van der Waals surface area (Å²) >= 11 is 0. The molecule has 5 aromatic rings. The highest BCUT2D eigenvalue weighted by Crippen LogP contribution is 2.44. The fourth-order valence-electron chi connectivity index (χ4n) is 4.93. The molecule has 1 heterocycles. The molecule has 0 spiro atoms. The molecule has 0 saturated carbocycles. The summed E-state index contributed by atoms with van der Waals surface area (Å²) in [6.45, 7) is 4.41. The number of pyridine rings is 1. The van der Waals surface area contributed by atoms with Gasteiger partial charge in [-0.3, -0.25) is 4.98 Å². The maximum Gasteiger partial charge on any atom is 0.0708 e. The average Bonchev–Trinajstić information content (AvgIpc) is 2.87. The quantitative estimate of drug-likeness (QED) is 0.229. The number of para-hydroxylation sites is 1. The van der Waals surface area contributed by atoms with E-state index in [1.54, 1.807) is 0 Å². The van der Waals surface area contributed by atoms with E-state index in [-0.39, 0.29) is 0 Å². The first-order chi connectivity index (χ1) is 16.3. The minimum Gasteiger partial charge on any atom is -0.256 e. The number of nitrogens with zero attached hydrogens (tertiary/aromatic N) is 1. The number of hydrogen-bond acceptors (Lipinski definition) is 1. The third-order valence-corrected chi connectivity index (χ3v) is 6.49. The fourth-order valence-corrected chi connectivity index (χ4v) is 4.93. The van der Waals surface area contributed by atoms with E-state index in [0.29, 0.717) is 0 Å². The molecule has 0 N–H and O–H groups in total. The van der Waals surface area contributed by atoms with Crippen LogP contribution in [-0.2, 0) is 6.42 Å². The van der Waals surface area contributed by atoms with Crippen molar-refractivity contribution in [3.63, 3.8) is 0 Å². The van der Waals surface area contributed by atoms with E-state index in [1.807, 2.05) is 6.20 Å². The van der Waals surface area contributed by atoms with Crippen LogP contribution in [0, 0.1) is 0 Å². The Morgan fingerprint density at radius 3 is 2.33 bits per heavy atom. The molecule has 6 rings (SSSR count). The van der Waals surface area contributed by atoms with Crippen molar-refractivity contribution < 1.29 is 0 Å². The molecule has 33 heavy (non-hydrogen) atoms. The second kappa shape index (κ2) is 8.03. The third-order valence-electron chi connectivity index (χ3n) is 6.49. The van der Waals surface area contributed by atoms with Crippen molar-refractivity contribution in [1.82, 2.24) is 4.98 Å². The molecule has 0 amide bonds. The summed E-state index contributed by atoms with van der Waals surface area (Å²) in [5, 5.41) is 3.56. The zero-order valence-corrected chi connectivity index (χ0v) is 18.3. The number of benzene rings is 4. The first-order valence-corrected chi connectivity index (χ1v) is 11.3. The van der Waals surface area contributed by atoms with Gasteiger partial charge in [0.2, 0.25) is 0 Å². The molecule has 0 saturated heterocycles. The molecule has 0 bridgehead atoms. The molecule has 0 aliphatic heterocycles. The van der Waals surface area contributed by atoms with Crippen molar-refractivity contribution in [2.75, 3.05) is 0 Å². The van der Waals surface area contributed by atoms with Crippen molar-refractivity contribution in [3.8, 4) is 22.3 Å². The molecule has 0 unspecified atom stereocenters. The maximum absolute atomic E-state index is 4.74. The van der Waals surface area contributed by atoms with Crippen LogP contribution in [0.4, 0.5) is 0 Å². The highest BCUT2D eigenvalue weighted by atomic mass is 14.6. The second-order valence-electron chi connectivity index (χ2n) is 8.45. The van der Waals surface area contributed by atoms with Gasteiger partial charge >= 0.3 is 0 Å². The van der Waals surface area contributed by atoms with Crippen LogP contribution >= 0.6 is 0 Å². The molecule has 1 heteroatoms. The van der Waals surface area contributed by atoms with Crippen molar-refractivity contribution in [2.45, 2.75) is 6.42 Å². The lowest BCUT2D eigenvalue weighted by Gasteiger charge is -2.20. The van der Waals surface area contributed by atoms with Gasteiger partial charge in [-0.1, -0.05) is 110 Å². The minimum atomic E-state index is 0.878. The van der Waals surface area contributed by atoms with Crippen LogP contribution in [0.2, 0.25) is 0 Å². The van der Waals surface area contributed by atoms with E-state index in [1.165, 1.54) is 38.6 Å². The topological polar surface area (TPSA) is 12.9 Å². The van der Waals surface area contributed by atoms with E-state index in [4.69, 9.17) is 4.98 Å². The predicted octanol–water partition coefficient (Wildman–Crippen LogP) is 8.40. The Morgan fingerprint density at radius 1 is 0.667 bits per heavy atom. The SMILES string of the molecule is C=C1/C=C\C=C/Cc2ccccc2-c2ccc3cnc4ccccc4c3c2-c2ccccc21. The van der Waals surface area contributed by atoms with Crippen LogP contribution in [0.15, 0.2) is 122 Å². The monoisotopic (exact) mass is 421 g/mol. The summed E-state index contributed by atoms with van der Waals surface area (Å²) < 4.78 is 0. The van der Waals surface area contributed by atoms with Crippen molar-refractivity contribution in [1.29, 1.82) is 0 Å². The van der Waals surface area contributed by atoms with Crippen LogP contribution in [0.3, 0.4) is 0 Å². The number of aromatic nitrogens is 1. The van der Waals surface area contributed by atoms with Crippen LogP contribution in [0.5, 0.6) is 0 Å². The number of fused-ring (bicyclic) bond motifs is 9. The van der Waals surface area contributed by atoms with Gasteiger partial charge in [0.25, 0.3) is 0 Å². The van der Waals surface area contributed by atoms with Crippen LogP contribution < -0.4 is 0 Å². The third kappa shape index (κ3) is 3.30. The number of rotatable bonds is 0. The Labute approximate surface area is 194 Å². The van der Waals surface area contributed by atoms with Gasteiger partial charge in [-0.2, -0.15) is 0 Å². The van der Waals surface area contributed by atoms with E-state index in [0.717, 1.165) is 28.5 Å². The van der Waals surface area contributed by atoms with Crippen LogP contribution in [-0.4, -0.2) is 4.98 Å². The maximum atomic E-state index is 4.74. The Balaban J connectivity index is 1.85. The zero-order chi connectivity index (χ0) is 22.2. The first-order valence-electron chi connectivity index (χ1n) is 11.3. The number of allylic oxidation sites excluding steroid dienone is 5. The van der Waals surface area contributed by atoms with Gasteiger partial charge < -0.3 is 0 Å². The highest BCUT2D eigenvalue weighted by molar-refractivity contribution is 6.17. The highest BCUT2D eigenvalue weighted by Gasteiger charge is 2.19. The Bertz CT molecular complexity index is 1600. The lowest BCUT2D eigenvalue weighted by Crippen LogP contribution is -1.96. The van der Waals surface area contributed by atoms with Crippen molar-refractivity contribution >= 4 is 27.2 Å². The molecular formula is C32H23N. The fraction of sp³-hybridized carbons (Fsp3) is 0.0312. The van der Waals surface area contributed by atoms with Gasteiger partial charge in [-0.15, -0.1) is 0 Å². The van der Waals surface area contributed by atoms with E-state index < -0.39 is 0 Å². The molecule has 156 valence electrons. The smallest absolute Gasteiger partial charge is 0.0708 e. The van der Waals surface area contributed by atoms with Gasteiger partial charge in [0.1, 0.15) is 0 Å². The standard InChI is InChI=1S/C32H23N/c1-22-11-3-2-4-12-23-13-5-6-15-26(23)28-20-19-24-21-33-30-18-10-9-17-29(30)31(24)32(28)27-16-8-7-14-25(22)27/h2-11,13-21H,1,12H2/b4-2-,11-3-. The van der Waals surface area contributed by atoms with Gasteiger partial charge in [-0.25, -0.2) is 0 Å². The lowest BCUT2D eigenvalue weighted by molar-refractivity contribution is 1.27. The second-order valence-corrected chi connectivity index (χ2v) is 8.45. The normalized spacial score (nSPS) is 15.1. The van der Waals surface area contributed by atoms with Crippen LogP contribution in [0.25, 0.3) is 49.5 Å². The molecule has 4 aromatic carbocycles. The average molecular weight is 422 g/mol. The van der Waals surface area contributed by atoms with E-state index >= 15 is 0 Å². The molecule has 1 nitrogen and oxygen atoms in total. The van der Waals surface area contributed by atoms with Crippen LogP contribution in [0.1, 0.15) is 11.1 Å². The molecule has 1 aliphatic carbocycles. The van der Waals surface area contributed by atoms with Crippen molar-refractivity contribution in [2.24, 2.45) is 0 Å². The molecule has 0 radical (unpaired) electrons. The van der Waals surface area contributed by atoms with E-state index in [9.17, 15) is 0 Å². The molecular weight excluding hydrogens is 398 g/mol. The van der Waals surface area contributed by atoms with Gasteiger partial charge in [-0.05, 0) is 51.4 Å². The largest absolute Gasteiger partial charge is 0.256 e. The van der Waals surface area contributed by atoms with Gasteiger partial charge in [0.15, 0.2) is 0 Å². The Morgan fingerprint density at radius 2 is 1.42 bits per heavy atom. The Kier molecular flexibility index (Phi) is 4.74. The zero-order valence-electron chi connectivity index (χ0n) is 18.3. The summed E-state index contributed by atoms with van der Waals surface area (Å²) in [6.07, 6.45) is 11.4. The van der Waals surface area contributed by atoms with Gasteiger partial charge in [0.05, 0.1) is 5.52 Å². The first kappa shape index (κ1) is 19.5. The predicted molar refractivity (Wildman–Crippen MR) is 141 cm³/mol. The van der Waals surface area contributed by atoms with E-state index in [2.05, 4.69) is 116 Å². The summed E-state index contributed by atoms with van der Waals surface area (Å²) in [5.41, 5.74) is 9.43. The summed E-state index contributed by atoms with van der Waals surface area (Å²) in [4.78, 5) is 4.74. The molecule has 1 aliphatic rings. The van der Waals surface area contributed by atoms with Gasteiger partial charge in [0, 0.05) is 22.4 Å². The summed E-state index contributed by atoms with van der Waals surface area (Å²) in [6, 6.07) is 30.3. The molecule has 1 aromatic heterocycles. The summed E-state index contributed by atoms with van der Waals surface area (Å²) in [5.74, 6) is 0. The number of hydrogen-bond donors (Lipinski definition) is 0. The molecule has 0 atom stereocenters.